The van der Waals surface area contributed by atoms with Crippen LogP contribution < -0.4 is 5.32 Å². The molecule has 1 fully saturated rings. The van der Waals surface area contributed by atoms with E-state index in [1.54, 1.807) is 22.5 Å². The van der Waals surface area contributed by atoms with Gasteiger partial charge in [-0.2, -0.15) is 13.0 Å². The SMILES string of the molecule is CNC1(C)CCN(S(=O)(=O)c2cccc3c2N=S=N3)CC1. The number of nitrogens with zero attached hydrogens (tertiary/aromatic N) is 3. The fourth-order valence-electron chi connectivity index (χ4n) is 2.60. The van der Waals surface area contributed by atoms with Gasteiger partial charge in [-0.15, -0.1) is 0 Å². The van der Waals surface area contributed by atoms with Crippen LogP contribution in [0.1, 0.15) is 19.8 Å². The quantitative estimate of drug-likeness (QED) is 0.939. The monoisotopic (exact) mass is 326 g/mol. The largest absolute Gasteiger partial charge is 0.314 e. The molecule has 2 aliphatic rings. The van der Waals surface area contributed by atoms with Crippen LogP contribution in [0.5, 0.6) is 0 Å². The second-order valence-corrected chi connectivity index (χ2v) is 8.04. The molecule has 1 aromatic carbocycles. The second-order valence-electron chi connectivity index (χ2n) is 5.60. The summed E-state index contributed by atoms with van der Waals surface area (Å²) in [5, 5.41) is 3.28. The van der Waals surface area contributed by atoms with Gasteiger partial charge in [0.25, 0.3) is 0 Å². The van der Waals surface area contributed by atoms with Crippen molar-refractivity contribution in [3.8, 4) is 0 Å². The van der Waals surface area contributed by atoms with Crippen molar-refractivity contribution in [3.63, 3.8) is 0 Å². The standard InChI is InChI=1S/C13H18N4O2S2/c1-13(14-2)6-8-17(9-7-13)21(18,19)11-5-3-4-10-12(11)16-20-15-10/h3-5,14H,6-9H2,1-2H3. The van der Waals surface area contributed by atoms with Gasteiger partial charge < -0.3 is 5.32 Å². The molecule has 1 aromatic rings. The summed E-state index contributed by atoms with van der Waals surface area (Å²) in [7, 11) is -1.58. The summed E-state index contributed by atoms with van der Waals surface area (Å²) in [6, 6.07) is 5.12. The van der Waals surface area contributed by atoms with Crippen molar-refractivity contribution >= 4 is 32.8 Å². The molecular formula is C13H18N4O2S2. The molecule has 1 N–H and O–H groups in total. The molecule has 114 valence electrons. The van der Waals surface area contributed by atoms with Crippen LogP contribution in [0.25, 0.3) is 0 Å². The van der Waals surface area contributed by atoms with E-state index in [-0.39, 0.29) is 10.4 Å². The lowest BCUT2D eigenvalue weighted by atomic mass is 9.91. The molecule has 2 aliphatic heterocycles. The molecule has 2 heterocycles. The highest BCUT2D eigenvalue weighted by Crippen LogP contribution is 2.39. The summed E-state index contributed by atoms with van der Waals surface area (Å²) in [5.41, 5.74) is 1.13. The molecule has 8 heteroatoms. The van der Waals surface area contributed by atoms with Crippen LogP contribution in [0.15, 0.2) is 31.8 Å². The van der Waals surface area contributed by atoms with Crippen LogP contribution in [0, 0.1) is 0 Å². The maximum Gasteiger partial charge on any atom is 0.245 e. The molecule has 0 bridgehead atoms. The molecule has 21 heavy (non-hydrogen) atoms. The summed E-state index contributed by atoms with van der Waals surface area (Å²) in [6.07, 6.45) is 1.60. The molecule has 0 atom stereocenters. The van der Waals surface area contributed by atoms with E-state index in [1.165, 1.54) is 0 Å². The third-order valence-corrected chi connectivity index (χ3v) is 6.77. The zero-order chi connectivity index (χ0) is 15.1. The predicted molar refractivity (Wildman–Crippen MR) is 83.4 cm³/mol. The lowest BCUT2D eigenvalue weighted by Gasteiger charge is -2.38. The Morgan fingerprint density at radius 3 is 2.67 bits per heavy atom. The fraction of sp³-hybridized carbons (Fsp3) is 0.538. The van der Waals surface area contributed by atoms with Crippen LogP contribution >= 0.6 is 0 Å². The van der Waals surface area contributed by atoms with Gasteiger partial charge in [0.05, 0.1) is 11.4 Å². The van der Waals surface area contributed by atoms with E-state index in [0.717, 1.165) is 24.2 Å². The Labute approximate surface area is 128 Å². The summed E-state index contributed by atoms with van der Waals surface area (Å²) in [4.78, 5) is 0.266. The Morgan fingerprint density at radius 1 is 1.29 bits per heavy atom. The summed E-state index contributed by atoms with van der Waals surface area (Å²) in [6.45, 7) is 3.17. The lowest BCUT2D eigenvalue weighted by molar-refractivity contribution is 0.219. The van der Waals surface area contributed by atoms with E-state index in [1.807, 2.05) is 7.05 Å². The minimum atomic E-state index is -3.51. The van der Waals surface area contributed by atoms with Gasteiger partial charge in [-0.25, -0.2) is 8.42 Å². The predicted octanol–water partition coefficient (Wildman–Crippen LogP) is 2.18. The minimum absolute atomic E-state index is 0.0141. The smallest absolute Gasteiger partial charge is 0.245 e. The van der Waals surface area contributed by atoms with Crippen molar-refractivity contribution in [3.05, 3.63) is 18.2 Å². The fourth-order valence-corrected chi connectivity index (χ4v) is 4.79. The van der Waals surface area contributed by atoms with E-state index in [0.29, 0.717) is 24.5 Å². The van der Waals surface area contributed by atoms with Crippen LogP contribution in [-0.2, 0) is 21.4 Å². The van der Waals surface area contributed by atoms with Crippen LogP contribution in [0.2, 0.25) is 0 Å². The average molecular weight is 326 g/mol. The van der Waals surface area contributed by atoms with Crippen molar-refractivity contribution < 1.29 is 8.42 Å². The van der Waals surface area contributed by atoms with Gasteiger partial charge in [-0.05, 0) is 38.9 Å². The van der Waals surface area contributed by atoms with Crippen molar-refractivity contribution in [2.45, 2.75) is 30.2 Å². The van der Waals surface area contributed by atoms with Gasteiger partial charge >= 0.3 is 0 Å². The summed E-state index contributed by atoms with van der Waals surface area (Å²) >= 11 is 1.04. The highest BCUT2D eigenvalue weighted by atomic mass is 32.2. The molecule has 0 aliphatic carbocycles. The molecule has 1 saturated heterocycles. The van der Waals surface area contributed by atoms with Gasteiger partial charge in [0.15, 0.2) is 0 Å². The maximum atomic E-state index is 12.8. The molecule has 0 saturated carbocycles. The first-order valence-electron chi connectivity index (χ1n) is 6.87. The molecule has 6 nitrogen and oxygen atoms in total. The molecule has 0 amide bonds. The van der Waals surface area contributed by atoms with E-state index in [2.05, 4.69) is 21.0 Å². The zero-order valence-corrected chi connectivity index (χ0v) is 13.7. The third kappa shape index (κ3) is 2.57. The van der Waals surface area contributed by atoms with E-state index >= 15 is 0 Å². The van der Waals surface area contributed by atoms with Crippen molar-refractivity contribution in [1.29, 1.82) is 0 Å². The number of piperidine rings is 1. The lowest BCUT2D eigenvalue weighted by Crippen LogP contribution is -2.51. The number of fused-ring (bicyclic) bond motifs is 1. The number of hydrogen-bond donors (Lipinski definition) is 1. The molecule has 0 spiro atoms. The summed E-state index contributed by atoms with van der Waals surface area (Å²) in [5.74, 6) is 0. The number of rotatable bonds is 3. The molecule has 0 unspecified atom stereocenters. The number of sulfonamides is 1. The third-order valence-electron chi connectivity index (χ3n) is 4.30. The normalized spacial score (nSPS) is 21.0. The van der Waals surface area contributed by atoms with Gasteiger partial charge in [0.1, 0.15) is 16.3 Å². The van der Waals surface area contributed by atoms with Crippen LogP contribution in [-0.4, -0.2) is 38.4 Å². The Morgan fingerprint density at radius 2 is 2.00 bits per heavy atom. The Hall–Kier alpha value is -1.09. The van der Waals surface area contributed by atoms with Crippen LogP contribution in [0.3, 0.4) is 0 Å². The maximum absolute atomic E-state index is 12.8. The van der Waals surface area contributed by atoms with Gasteiger partial charge in [0.2, 0.25) is 10.0 Å². The van der Waals surface area contributed by atoms with Crippen molar-refractivity contribution in [2.24, 2.45) is 8.73 Å². The Bertz CT molecular complexity index is 731. The molecular weight excluding hydrogens is 308 g/mol. The first-order valence-corrected chi connectivity index (χ1v) is 9.04. The molecule has 3 rings (SSSR count). The number of benzene rings is 1. The van der Waals surface area contributed by atoms with Crippen LogP contribution in [0.4, 0.5) is 11.4 Å². The molecule has 0 aromatic heterocycles. The topological polar surface area (TPSA) is 74.1 Å². The first kappa shape index (κ1) is 14.8. The Balaban J connectivity index is 1.90. The van der Waals surface area contributed by atoms with E-state index < -0.39 is 10.0 Å². The van der Waals surface area contributed by atoms with Crippen molar-refractivity contribution in [2.75, 3.05) is 20.1 Å². The minimum Gasteiger partial charge on any atom is -0.314 e. The van der Waals surface area contributed by atoms with Gasteiger partial charge in [-0.3, -0.25) is 0 Å². The van der Waals surface area contributed by atoms with Gasteiger partial charge in [0, 0.05) is 18.6 Å². The van der Waals surface area contributed by atoms with Crippen molar-refractivity contribution in [1.82, 2.24) is 9.62 Å². The number of hydrogen-bond acceptors (Lipinski definition) is 5. The highest BCUT2D eigenvalue weighted by Gasteiger charge is 2.36. The average Bonchev–Trinajstić information content (AvgIpc) is 2.96. The second kappa shape index (κ2) is 5.28. The summed E-state index contributed by atoms with van der Waals surface area (Å²) < 4.78 is 35.5. The zero-order valence-electron chi connectivity index (χ0n) is 12.0. The molecule has 0 radical (unpaired) electrons. The first-order chi connectivity index (χ1) is 9.96. The van der Waals surface area contributed by atoms with E-state index in [9.17, 15) is 8.42 Å². The van der Waals surface area contributed by atoms with Gasteiger partial charge in [-0.1, -0.05) is 6.07 Å². The Kier molecular flexibility index (Phi) is 3.73. The number of nitrogens with one attached hydrogen (secondary N) is 1. The highest BCUT2D eigenvalue weighted by molar-refractivity contribution is 7.89. The van der Waals surface area contributed by atoms with E-state index in [4.69, 9.17) is 0 Å².